The van der Waals surface area contributed by atoms with Crippen LogP contribution in [0.5, 0.6) is 0 Å². The summed E-state index contributed by atoms with van der Waals surface area (Å²) in [6.45, 7) is 7.30. The van der Waals surface area contributed by atoms with Crippen molar-refractivity contribution in [3.05, 3.63) is 52.4 Å². The second kappa shape index (κ2) is 7.57. The molecule has 2 rings (SSSR count). The Morgan fingerprint density at radius 2 is 1.78 bits per heavy atom. The summed E-state index contributed by atoms with van der Waals surface area (Å²) in [6.07, 6.45) is 0. The molecule has 0 fully saturated rings. The van der Waals surface area contributed by atoms with Crippen molar-refractivity contribution in [2.45, 2.75) is 44.1 Å². The number of hydrogen-bond donors (Lipinski definition) is 1. The molecule has 6 heteroatoms. The van der Waals surface area contributed by atoms with Crippen LogP contribution < -0.4 is 4.72 Å². The summed E-state index contributed by atoms with van der Waals surface area (Å²) in [7, 11) is -1.37. The molecule has 23 heavy (non-hydrogen) atoms. The number of benzene rings is 1. The van der Waals surface area contributed by atoms with Gasteiger partial charge in [0.15, 0.2) is 0 Å². The lowest BCUT2D eigenvalue weighted by atomic mass is 10.1. The molecule has 1 aromatic heterocycles. The Morgan fingerprint density at radius 3 is 2.35 bits per heavy atom. The first-order valence-corrected chi connectivity index (χ1v) is 9.92. The van der Waals surface area contributed by atoms with E-state index in [9.17, 15) is 8.42 Å². The molecule has 0 amide bonds. The van der Waals surface area contributed by atoms with E-state index in [1.807, 2.05) is 31.2 Å². The highest BCUT2D eigenvalue weighted by atomic mass is 32.2. The zero-order chi connectivity index (χ0) is 17.0. The minimum absolute atomic E-state index is 0.307. The quantitative estimate of drug-likeness (QED) is 0.831. The maximum atomic E-state index is 12.3. The predicted molar refractivity (Wildman–Crippen MR) is 96.1 cm³/mol. The van der Waals surface area contributed by atoms with Crippen LogP contribution >= 0.6 is 11.3 Å². The number of thiophene rings is 1. The van der Waals surface area contributed by atoms with Crippen LogP contribution in [-0.4, -0.2) is 26.4 Å². The number of aryl methyl sites for hydroxylation is 1. The summed E-state index contributed by atoms with van der Waals surface area (Å²) >= 11 is 1.29. The van der Waals surface area contributed by atoms with Crippen LogP contribution in [0.15, 0.2) is 40.6 Å². The number of rotatable bonds is 7. The van der Waals surface area contributed by atoms with Crippen LogP contribution in [0.1, 0.15) is 29.9 Å². The monoisotopic (exact) mass is 352 g/mol. The Bertz CT molecular complexity index is 751. The number of sulfonamides is 1. The Kier molecular flexibility index (Phi) is 5.97. The highest BCUT2D eigenvalue weighted by molar-refractivity contribution is 7.91. The topological polar surface area (TPSA) is 49.4 Å². The molecule has 0 aliphatic heterocycles. The first-order valence-electron chi connectivity index (χ1n) is 7.62. The van der Waals surface area contributed by atoms with Gasteiger partial charge >= 0.3 is 0 Å². The van der Waals surface area contributed by atoms with E-state index in [4.69, 9.17) is 0 Å². The summed E-state index contributed by atoms with van der Waals surface area (Å²) in [5.74, 6) is 0. The third kappa shape index (κ3) is 4.88. The SMILES string of the molecule is Cc1ccc(S(=O)(=O)NCc2ccccc2CN(C)C(C)C)s1. The van der Waals surface area contributed by atoms with Gasteiger partial charge in [0.05, 0.1) is 0 Å². The fourth-order valence-electron chi connectivity index (χ4n) is 2.14. The van der Waals surface area contributed by atoms with Crippen molar-refractivity contribution in [3.63, 3.8) is 0 Å². The van der Waals surface area contributed by atoms with Crippen LogP contribution in [-0.2, 0) is 23.1 Å². The molecule has 0 bridgehead atoms. The van der Waals surface area contributed by atoms with Crippen LogP contribution in [0.2, 0.25) is 0 Å². The first kappa shape index (κ1) is 18.1. The Hall–Kier alpha value is -1.21. The number of hydrogen-bond acceptors (Lipinski definition) is 4. The van der Waals surface area contributed by atoms with Crippen LogP contribution in [0.3, 0.4) is 0 Å². The molecule has 0 aliphatic carbocycles. The maximum Gasteiger partial charge on any atom is 0.250 e. The summed E-state index contributed by atoms with van der Waals surface area (Å²) in [4.78, 5) is 3.22. The van der Waals surface area contributed by atoms with Gasteiger partial charge in [-0.25, -0.2) is 13.1 Å². The molecule has 0 saturated heterocycles. The van der Waals surface area contributed by atoms with Crippen molar-refractivity contribution in [2.24, 2.45) is 0 Å². The second-order valence-corrected chi connectivity index (χ2v) is 9.25. The third-order valence-electron chi connectivity index (χ3n) is 3.85. The minimum atomic E-state index is -3.44. The Labute approximate surface area is 143 Å². The van der Waals surface area contributed by atoms with Gasteiger partial charge in [-0.05, 0) is 51.1 Å². The predicted octanol–water partition coefficient (Wildman–Crippen LogP) is 3.38. The fraction of sp³-hybridized carbons (Fsp3) is 0.412. The summed E-state index contributed by atoms with van der Waals surface area (Å²) < 4.78 is 27.8. The first-order chi connectivity index (χ1) is 10.8. The molecular formula is C17H24N2O2S2. The van der Waals surface area contributed by atoms with Crippen LogP contribution in [0, 0.1) is 6.92 Å². The van der Waals surface area contributed by atoms with E-state index in [0.29, 0.717) is 16.8 Å². The fourth-order valence-corrected chi connectivity index (χ4v) is 4.47. The zero-order valence-corrected chi connectivity index (χ0v) is 15.7. The molecule has 1 N–H and O–H groups in total. The molecule has 0 radical (unpaired) electrons. The smallest absolute Gasteiger partial charge is 0.250 e. The second-order valence-electron chi connectivity index (χ2n) is 5.97. The van der Waals surface area contributed by atoms with E-state index < -0.39 is 10.0 Å². The summed E-state index contributed by atoms with van der Waals surface area (Å²) in [5.41, 5.74) is 2.16. The van der Waals surface area contributed by atoms with Gasteiger partial charge < -0.3 is 0 Å². The van der Waals surface area contributed by atoms with Gasteiger partial charge in [-0.15, -0.1) is 11.3 Å². The van der Waals surface area contributed by atoms with Gasteiger partial charge in [0.25, 0.3) is 0 Å². The lowest BCUT2D eigenvalue weighted by molar-refractivity contribution is 0.265. The Balaban J connectivity index is 2.12. The van der Waals surface area contributed by atoms with Crippen molar-refractivity contribution < 1.29 is 8.42 Å². The number of nitrogens with zero attached hydrogens (tertiary/aromatic N) is 1. The minimum Gasteiger partial charge on any atom is -0.300 e. The Morgan fingerprint density at radius 1 is 1.13 bits per heavy atom. The summed E-state index contributed by atoms with van der Waals surface area (Å²) in [6, 6.07) is 11.9. The van der Waals surface area contributed by atoms with Gasteiger partial charge in [0, 0.05) is 24.0 Å². The normalized spacial score (nSPS) is 12.3. The average Bonchev–Trinajstić information content (AvgIpc) is 2.94. The molecule has 0 aliphatic rings. The van der Waals surface area contributed by atoms with Gasteiger partial charge in [-0.3, -0.25) is 4.90 Å². The number of nitrogens with one attached hydrogen (secondary N) is 1. The standard InChI is InChI=1S/C17H24N2O2S2/c1-13(2)19(4)12-16-8-6-5-7-15(16)11-18-23(20,21)17-10-9-14(3)22-17/h5-10,13,18H,11-12H2,1-4H3. The van der Waals surface area contributed by atoms with Crippen LogP contribution in [0.25, 0.3) is 0 Å². The highest BCUT2D eigenvalue weighted by Crippen LogP contribution is 2.21. The molecular weight excluding hydrogens is 328 g/mol. The van der Waals surface area contributed by atoms with Gasteiger partial charge in [0.2, 0.25) is 10.0 Å². The lowest BCUT2D eigenvalue weighted by Gasteiger charge is -2.22. The molecule has 0 saturated carbocycles. The van der Waals surface area contributed by atoms with Crippen molar-refractivity contribution in [2.75, 3.05) is 7.05 Å². The van der Waals surface area contributed by atoms with E-state index in [1.54, 1.807) is 6.07 Å². The molecule has 1 heterocycles. The maximum absolute atomic E-state index is 12.3. The molecule has 0 atom stereocenters. The van der Waals surface area contributed by atoms with E-state index in [0.717, 1.165) is 22.5 Å². The van der Waals surface area contributed by atoms with Crippen LogP contribution in [0.4, 0.5) is 0 Å². The average molecular weight is 353 g/mol. The van der Waals surface area contributed by atoms with Gasteiger partial charge in [-0.2, -0.15) is 0 Å². The molecule has 126 valence electrons. The van der Waals surface area contributed by atoms with Gasteiger partial charge in [-0.1, -0.05) is 24.3 Å². The van der Waals surface area contributed by atoms with Gasteiger partial charge in [0.1, 0.15) is 4.21 Å². The van der Waals surface area contributed by atoms with Crippen molar-refractivity contribution in [3.8, 4) is 0 Å². The van der Waals surface area contributed by atoms with Crippen molar-refractivity contribution in [1.29, 1.82) is 0 Å². The molecule has 0 spiro atoms. The largest absolute Gasteiger partial charge is 0.300 e. The lowest BCUT2D eigenvalue weighted by Crippen LogP contribution is -2.27. The summed E-state index contributed by atoms with van der Waals surface area (Å²) in [5, 5.41) is 0. The van der Waals surface area contributed by atoms with E-state index >= 15 is 0 Å². The van der Waals surface area contributed by atoms with E-state index in [1.165, 1.54) is 11.3 Å². The highest BCUT2D eigenvalue weighted by Gasteiger charge is 2.16. The molecule has 0 unspecified atom stereocenters. The molecule has 4 nitrogen and oxygen atoms in total. The van der Waals surface area contributed by atoms with Crippen molar-refractivity contribution >= 4 is 21.4 Å². The molecule has 2 aromatic rings. The van der Waals surface area contributed by atoms with E-state index in [-0.39, 0.29) is 0 Å². The molecule has 1 aromatic carbocycles. The zero-order valence-electron chi connectivity index (χ0n) is 14.0. The third-order valence-corrected chi connectivity index (χ3v) is 6.75. The van der Waals surface area contributed by atoms with E-state index in [2.05, 4.69) is 36.6 Å². The van der Waals surface area contributed by atoms with Crippen molar-refractivity contribution in [1.82, 2.24) is 9.62 Å².